The second-order valence-electron chi connectivity index (χ2n) is 1.75. The van der Waals surface area contributed by atoms with Crippen molar-refractivity contribution in [1.29, 1.82) is 4.78 Å². The molecule has 0 amide bonds. The fourth-order valence-electron chi connectivity index (χ4n) is 0.602. The monoisotopic (exact) mass is 187 g/mol. The quantitative estimate of drug-likeness (QED) is 0.531. The summed E-state index contributed by atoms with van der Waals surface area (Å²) in [5, 5.41) is 0. The van der Waals surface area contributed by atoms with Crippen LogP contribution in [0.15, 0.2) is 30.3 Å². The number of rotatable bonds is 1. The van der Waals surface area contributed by atoms with Crippen molar-refractivity contribution in [2.45, 2.75) is 0 Å². The number of ether oxygens (including phenoxy) is 1. The molecule has 1 rings (SSSR count). The molecule has 0 aliphatic carbocycles. The lowest BCUT2D eigenvalue weighted by molar-refractivity contribution is 0.577. The molecule has 4 heteroatoms. The number of nitrogens with one attached hydrogen (secondary N) is 1. The molecule has 0 aromatic heterocycles. The van der Waals surface area contributed by atoms with Gasteiger partial charge in [-0.15, -0.1) is 0 Å². The van der Waals surface area contributed by atoms with Crippen molar-refractivity contribution in [2.24, 2.45) is 0 Å². The van der Waals surface area contributed by atoms with Crippen LogP contribution in [0.25, 0.3) is 0 Å². The SMILES string of the molecule is N=S=C(Cl)Oc1ccccc1. The van der Waals surface area contributed by atoms with Crippen molar-refractivity contribution < 1.29 is 4.74 Å². The van der Waals surface area contributed by atoms with Gasteiger partial charge in [-0.25, -0.2) is 4.78 Å². The summed E-state index contributed by atoms with van der Waals surface area (Å²) in [7, 11) is 0. The molecule has 0 aliphatic heterocycles. The molecular weight excluding hydrogens is 182 g/mol. The summed E-state index contributed by atoms with van der Waals surface area (Å²) in [6, 6.07) is 9.12. The molecule has 0 fully saturated rings. The maximum atomic E-state index is 6.78. The van der Waals surface area contributed by atoms with Gasteiger partial charge in [-0.3, -0.25) is 0 Å². The Morgan fingerprint density at radius 2 is 2.00 bits per heavy atom. The standard InChI is InChI=1S/C7H6ClNOS/c8-7(11-9)10-6-4-2-1-3-5-6/h1-5,9H. The Kier molecular flexibility index (Phi) is 3.14. The Morgan fingerprint density at radius 1 is 1.36 bits per heavy atom. The summed E-state index contributed by atoms with van der Waals surface area (Å²) in [6.45, 7) is 0. The summed E-state index contributed by atoms with van der Waals surface area (Å²) < 4.78 is 11.9. The van der Waals surface area contributed by atoms with Gasteiger partial charge in [-0.2, -0.15) is 0 Å². The average Bonchev–Trinajstić information content (AvgIpc) is 2.06. The first-order chi connectivity index (χ1) is 5.33. The molecule has 2 nitrogen and oxygen atoms in total. The molecular formula is C7H6ClNOS. The van der Waals surface area contributed by atoms with Crippen LogP contribution in [0.1, 0.15) is 0 Å². The lowest BCUT2D eigenvalue weighted by Crippen LogP contribution is -1.97. The summed E-state index contributed by atoms with van der Waals surface area (Å²) in [4.78, 5) is 0. The van der Waals surface area contributed by atoms with Crippen LogP contribution >= 0.6 is 11.6 Å². The topological polar surface area (TPSA) is 33.1 Å². The maximum absolute atomic E-state index is 6.78. The van der Waals surface area contributed by atoms with Gasteiger partial charge in [-0.1, -0.05) is 18.2 Å². The van der Waals surface area contributed by atoms with Gasteiger partial charge in [-0.05, 0) is 23.7 Å². The van der Waals surface area contributed by atoms with E-state index >= 15 is 0 Å². The molecule has 11 heavy (non-hydrogen) atoms. The molecule has 0 bridgehead atoms. The molecule has 1 aromatic carbocycles. The van der Waals surface area contributed by atoms with Gasteiger partial charge in [0.2, 0.25) is 0 Å². The number of hydrogen-bond acceptors (Lipinski definition) is 2. The lowest BCUT2D eigenvalue weighted by Gasteiger charge is -1.98. The lowest BCUT2D eigenvalue weighted by atomic mass is 10.3. The minimum atomic E-state index is 0.108. The Morgan fingerprint density at radius 3 is 2.55 bits per heavy atom. The molecule has 1 aromatic rings. The van der Waals surface area contributed by atoms with Gasteiger partial charge < -0.3 is 4.74 Å². The third-order valence-corrected chi connectivity index (χ3v) is 1.57. The summed E-state index contributed by atoms with van der Waals surface area (Å²) in [5.41, 5.74) is 0. The van der Waals surface area contributed by atoms with Crippen LogP contribution < -0.4 is 4.74 Å². The molecule has 58 valence electrons. The highest BCUT2D eigenvalue weighted by atomic mass is 35.5. The Bertz CT molecular complexity index is 282. The number of halogens is 1. The third-order valence-electron chi connectivity index (χ3n) is 1.02. The number of para-hydroxylation sites is 1. The van der Waals surface area contributed by atoms with Gasteiger partial charge in [0.25, 0.3) is 4.51 Å². The zero-order valence-corrected chi connectivity index (χ0v) is 7.15. The second kappa shape index (κ2) is 4.16. The van der Waals surface area contributed by atoms with E-state index in [0.717, 1.165) is 0 Å². The first kappa shape index (κ1) is 8.30. The van der Waals surface area contributed by atoms with E-state index in [1.54, 1.807) is 12.1 Å². The highest BCUT2D eigenvalue weighted by Gasteiger charge is 1.93. The summed E-state index contributed by atoms with van der Waals surface area (Å²) in [5.74, 6) is 0.650. The van der Waals surface area contributed by atoms with Crippen LogP contribution in [-0.4, -0.2) is 4.51 Å². The molecule has 0 heterocycles. The van der Waals surface area contributed by atoms with E-state index in [-0.39, 0.29) is 4.51 Å². The zero-order chi connectivity index (χ0) is 8.10. The van der Waals surface area contributed by atoms with Crippen molar-refractivity contribution >= 4 is 27.3 Å². The molecule has 0 atom stereocenters. The van der Waals surface area contributed by atoms with Crippen LogP contribution in [0.3, 0.4) is 0 Å². The van der Waals surface area contributed by atoms with Crippen molar-refractivity contribution in [3.05, 3.63) is 30.3 Å². The first-order valence-corrected chi connectivity index (χ1v) is 4.11. The van der Waals surface area contributed by atoms with Crippen LogP contribution in [0, 0.1) is 4.78 Å². The minimum Gasteiger partial charge on any atom is -0.435 e. The number of hydrogen-bond donors (Lipinski definition) is 1. The van der Waals surface area contributed by atoms with E-state index in [0.29, 0.717) is 16.9 Å². The highest BCUT2D eigenvalue weighted by Crippen LogP contribution is 2.08. The largest absolute Gasteiger partial charge is 0.435 e. The third kappa shape index (κ3) is 2.74. The van der Waals surface area contributed by atoms with Gasteiger partial charge in [0.05, 0.1) is 0 Å². The van der Waals surface area contributed by atoms with Crippen LogP contribution in [-0.2, 0) is 11.1 Å². The van der Waals surface area contributed by atoms with Crippen molar-refractivity contribution in [3.8, 4) is 5.75 Å². The molecule has 1 N–H and O–H groups in total. The fourth-order valence-corrected chi connectivity index (χ4v) is 0.829. The Labute approximate surface area is 73.3 Å². The van der Waals surface area contributed by atoms with Gasteiger partial charge in [0.1, 0.15) is 5.75 Å². The van der Waals surface area contributed by atoms with E-state index in [1.807, 2.05) is 18.2 Å². The van der Waals surface area contributed by atoms with E-state index in [9.17, 15) is 0 Å². The van der Waals surface area contributed by atoms with E-state index in [4.69, 9.17) is 21.1 Å². The van der Waals surface area contributed by atoms with Crippen LogP contribution in [0.5, 0.6) is 5.75 Å². The summed E-state index contributed by atoms with van der Waals surface area (Å²) in [6.07, 6.45) is 0. The van der Waals surface area contributed by atoms with Gasteiger partial charge in [0.15, 0.2) is 0 Å². The van der Waals surface area contributed by atoms with E-state index in [1.165, 1.54) is 0 Å². The van der Waals surface area contributed by atoms with Crippen molar-refractivity contribution in [2.75, 3.05) is 0 Å². The van der Waals surface area contributed by atoms with Crippen molar-refractivity contribution in [1.82, 2.24) is 0 Å². The average molecular weight is 188 g/mol. The minimum absolute atomic E-state index is 0.108. The predicted octanol–water partition coefficient (Wildman–Crippen LogP) is 2.24. The van der Waals surface area contributed by atoms with Crippen LogP contribution in [0.2, 0.25) is 0 Å². The fraction of sp³-hybridized carbons (Fsp3) is 0. The zero-order valence-electron chi connectivity index (χ0n) is 5.58. The predicted molar refractivity (Wildman–Crippen MR) is 48.0 cm³/mol. The second-order valence-corrected chi connectivity index (χ2v) is 2.90. The van der Waals surface area contributed by atoms with E-state index < -0.39 is 0 Å². The Hall–Kier alpha value is -0.800. The molecule has 0 radical (unpaired) electrons. The Balaban J connectivity index is 2.73. The van der Waals surface area contributed by atoms with Crippen LogP contribution in [0.4, 0.5) is 0 Å². The van der Waals surface area contributed by atoms with Gasteiger partial charge >= 0.3 is 0 Å². The van der Waals surface area contributed by atoms with Gasteiger partial charge in [0, 0.05) is 11.1 Å². The molecule has 0 unspecified atom stereocenters. The molecule has 0 saturated heterocycles. The number of benzene rings is 1. The van der Waals surface area contributed by atoms with Crippen molar-refractivity contribution in [3.63, 3.8) is 0 Å². The molecule has 0 saturated carbocycles. The highest BCUT2D eigenvalue weighted by molar-refractivity contribution is 7.70. The molecule has 0 spiro atoms. The first-order valence-electron chi connectivity index (χ1n) is 2.92. The van der Waals surface area contributed by atoms with E-state index in [2.05, 4.69) is 0 Å². The maximum Gasteiger partial charge on any atom is 0.268 e. The summed E-state index contributed by atoms with van der Waals surface area (Å²) >= 11 is 6.10. The molecule has 0 aliphatic rings. The normalized spacial score (nSPS) is 8.82. The smallest absolute Gasteiger partial charge is 0.268 e.